The maximum Gasteiger partial charge on any atom is 0.245 e. The third-order valence-corrected chi connectivity index (χ3v) is 4.15. The smallest absolute Gasteiger partial charge is 0.245 e. The second-order valence-corrected chi connectivity index (χ2v) is 5.73. The quantitative estimate of drug-likeness (QED) is 0.545. The van der Waals surface area contributed by atoms with Crippen LogP contribution in [0.4, 0.5) is 5.82 Å². The number of H-pyrrole nitrogens is 1. The number of sulfonamides is 1. The highest BCUT2D eigenvalue weighted by Crippen LogP contribution is 2.26. The molecule has 90 valence electrons. The lowest BCUT2D eigenvalue weighted by Gasteiger charge is -2.31. The van der Waals surface area contributed by atoms with Crippen molar-refractivity contribution in [2.45, 2.75) is 23.8 Å². The summed E-state index contributed by atoms with van der Waals surface area (Å²) in [5, 5.41) is 15.0. The first-order valence-electron chi connectivity index (χ1n) is 4.95. The molecule has 1 heterocycles. The van der Waals surface area contributed by atoms with Gasteiger partial charge in [-0.05, 0) is 18.8 Å². The molecule has 0 amide bonds. The van der Waals surface area contributed by atoms with Crippen molar-refractivity contribution >= 4 is 15.8 Å². The lowest BCUT2D eigenvalue weighted by Crippen LogP contribution is -2.38. The van der Waals surface area contributed by atoms with Gasteiger partial charge in [0.05, 0.1) is 12.3 Å². The fourth-order valence-electron chi connectivity index (χ4n) is 1.67. The van der Waals surface area contributed by atoms with Crippen LogP contribution < -0.4 is 10.5 Å². The molecule has 0 aliphatic heterocycles. The van der Waals surface area contributed by atoms with E-state index in [9.17, 15) is 8.42 Å². The monoisotopic (exact) mass is 246 g/mol. The van der Waals surface area contributed by atoms with Gasteiger partial charge in [0.15, 0.2) is 0 Å². The Morgan fingerprint density at radius 3 is 2.81 bits per heavy atom. The van der Waals surface area contributed by atoms with E-state index in [1.54, 1.807) is 0 Å². The van der Waals surface area contributed by atoms with Crippen molar-refractivity contribution in [2.24, 2.45) is 5.92 Å². The van der Waals surface area contributed by atoms with Crippen LogP contribution in [0.1, 0.15) is 12.8 Å². The van der Waals surface area contributed by atoms with Crippen LogP contribution in [0, 0.1) is 5.92 Å². The van der Waals surface area contributed by atoms with Gasteiger partial charge in [0, 0.05) is 6.54 Å². The van der Waals surface area contributed by atoms with Crippen molar-refractivity contribution in [2.75, 3.05) is 12.3 Å². The molecule has 0 bridgehead atoms. The molecule has 0 saturated heterocycles. The van der Waals surface area contributed by atoms with E-state index in [4.69, 9.17) is 10.8 Å². The van der Waals surface area contributed by atoms with E-state index in [2.05, 4.69) is 14.9 Å². The van der Waals surface area contributed by atoms with Crippen LogP contribution in [-0.4, -0.2) is 36.4 Å². The fraction of sp³-hybridized carbons (Fsp3) is 0.625. The van der Waals surface area contributed by atoms with Crippen LogP contribution >= 0.6 is 0 Å². The number of nitrogens with two attached hydrogens (primary N) is 1. The van der Waals surface area contributed by atoms with Crippen molar-refractivity contribution < 1.29 is 13.5 Å². The summed E-state index contributed by atoms with van der Waals surface area (Å²) in [6, 6.07) is 0. The minimum atomic E-state index is -3.59. The maximum atomic E-state index is 11.7. The Morgan fingerprint density at radius 2 is 2.31 bits per heavy atom. The zero-order chi connectivity index (χ0) is 11.8. The maximum absolute atomic E-state index is 11.7. The highest BCUT2D eigenvalue weighted by molar-refractivity contribution is 7.89. The largest absolute Gasteiger partial charge is 0.393 e. The number of aromatic amines is 1. The van der Waals surface area contributed by atoms with Crippen molar-refractivity contribution in [3.05, 3.63) is 6.20 Å². The molecule has 7 nitrogen and oxygen atoms in total. The SMILES string of the molecule is Nc1[nH]ncc1S(=O)(=O)NCC1CC(O)C1. The molecule has 16 heavy (non-hydrogen) atoms. The predicted octanol–water partition coefficient (Wildman–Crippen LogP) is -0.959. The second-order valence-electron chi connectivity index (χ2n) is 3.99. The Labute approximate surface area is 93.1 Å². The number of nitrogens with one attached hydrogen (secondary N) is 2. The van der Waals surface area contributed by atoms with Gasteiger partial charge >= 0.3 is 0 Å². The first kappa shape index (κ1) is 11.4. The fourth-order valence-corrected chi connectivity index (χ4v) is 2.81. The van der Waals surface area contributed by atoms with E-state index in [0.717, 1.165) is 0 Å². The molecule has 0 atom stereocenters. The Morgan fingerprint density at radius 1 is 1.62 bits per heavy atom. The van der Waals surface area contributed by atoms with E-state index >= 15 is 0 Å². The number of hydrogen-bond donors (Lipinski definition) is 4. The Kier molecular flexibility index (Phi) is 2.87. The molecule has 5 N–H and O–H groups in total. The Balaban J connectivity index is 1.96. The molecule has 0 unspecified atom stereocenters. The number of aromatic nitrogens is 2. The summed E-state index contributed by atoms with van der Waals surface area (Å²) in [5.41, 5.74) is 5.42. The zero-order valence-electron chi connectivity index (χ0n) is 8.55. The number of nitrogen functional groups attached to an aromatic ring is 1. The number of rotatable bonds is 4. The molecule has 0 radical (unpaired) electrons. The average molecular weight is 246 g/mol. The second kappa shape index (κ2) is 4.04. The Bertz CT molecular complexity index is 463. The number of nitrogens with zero attached hydrogens (tertiary/aromatic N) is 1. The number of aliphatic hydroxyl groups is 1. The lowest BCUT2D eigenvalue weighted by molar-refractivity contribution is 0.0453. The van der Waals surface area contributed by atoms with Crippen LogP contribution in [0.3, 0.4) is 0 Å². The summed E-state index contributed by atoms with van der Waals surface area (Å²) in [6.45, 7) is 0.323. The summed E-state index contributed by atoms with van der Waals surface area (Å²) in [6.07, 6.45) is 2.17. The highest BCUT2D eigenvalue weighted by Gasteiger charge is 2.29. The van der Waals surface area contributed by atoms with Gasteiger partial charge in [-0.25, -0.2) is 13.1 Å². The lowest BCUT2D eigenvalue weighted by atomic mass is 9.83. The third-order valence-electron chi connectivity index (χ3n) is 2.69. The first-order chi connectivity index (χ1) is 7.49. The molecule has 0 spiro atoms. The van der Waals surface area contributed by atoms with E-state index < -0.39 is 10.0 Å². The van der Waals surface area contributed by atoms with E-state index in [-0.39, 0.29) is 22.7 Å². The first-order valence-corrected chi connectivity index (χ1v) is 6.44. The predicted molar refractivity (Wildman–Crippen MR) is 56.9 cm³/mol. The van der Waals surface area contributed by atoms with E-state index in [0.29, 0.717) is 19.4 Å². The summed E-state index contributed by atoms with van der Waals surface area (Å²) >= 11 is 0. The minimum absolute atomic E-state index is 0.0288. The van der Waals surface area contributed by atoms with Crippen LogP contribution in [0.25, 0.3) is 0 Å². The van der Waals surface area contributed by atoms with Crippen LogP contribution in [-0.2, 0) is 10.0 Å². The normalized spacial score (nSPS) is 25.3. The molecule has 1 aliphatic carbocycles. The highest BCUT2D eigenvalue weighted by atomic mass is 32.2. The standard InChI is InChI=1S/C8H14N4O3S/c9-8-7(4-10-12-8)16(14,15)11-3-5-1-6(13)2-5/h4-6,11,13H,1-3H2,(H3,9,10,12). The zero-order valence-corrected chi connectivity index (χ0v) is 9.37. The molecule has 1 aromatic rings. The number of aliphatic hydroxyl groups excluding tert-OH is 1. The van der Waals surface area contributed by atoms with E-state index in [1.807, 2.05) is 0 Å². The third kappa shape index (κ3) is 2.18. The minimum Gasteiger partial charge on any atom is -0.393 e. The van der Waals surface area contributed by atoms with Gasteiger partial charge in [-0.3, -0.25) is 5.10 Å². The van der Waals surface area contributed by atoms with Gasteiger partial charge in [0.1, 0.15) is 10.7 Å². The summed E-state index contributed by atoms with van der Waals surface area (Å²) in [5.74, 6) is 0.235. The van der Waals surface area contributed by atoms with Crippen molar-refractivity contribution in [3.8, 4) is 0 Å². The Hall–Kier alpha value is -1.12. The molecular weight excluding hydrogens is 232 g/mol. The molecule has 1 aromatic heterocycles. The van der Waals surface area contributed by atoms with Crippen LogP contribution in [0.2, 0.25) is 0 Å². The molecule has 2 rings (SSSR count). The summed E-state index contributed by atoms with van der Waals surface area (Å²) in [4.78, 5) is -0.0348. The topological polar surface area (TPSA) is 121 Å². The van der Waals surface area contributed by atoms with Gasteiger partial charge in [-0.2, -0.15) is 5.10 Å². The molecule has 1 saturated carbocycles. The van der Waals surface area contributed by atoms with Gasteiger partial charge in [-0.1, -0.05) is 0 Å². The van der Waals surface area contributed by atoms with Crippen LogP contribution in [0.15, 0.2) is 11.1 Å². The molecule has 1 fully saturated rings. The van der Waals surface area contributed by atoms with Gasteiger partial charge in [0.25, 0.3) is 0 Å². The summed E-state index contributed by atoms with van der Waals surface area (Å²) < 4.78 is 25.9. The van der Waals surface area contributed by atoms with Gasteiger partial charge in [0.2, 0.25) is 10.0 Å². The molecule has 0 aromatic carbocycles. The molecule has 1 aliphatic rings. The van der Waals surface area contributed by atoms with Gasteiger partial charge < -0.3 is 10.8 Å². The van der Waals surface area contributed by atoms with Gasteiger partial charge in [-0.15, -0.1) is 0 Å². The van der Waals surface area contributed by atoms with Crippen molar-refractivity contribution in [1.82, 2.24) is 14.9 Å². The van der Waals surface area contributed by atoms with Crippen molar-refractivity contribution in [3.63, 3.8) is 0 Å². The van der Waals surface area contributed by atoms with Crippen LogP contribution in [0.5, 0.6) is 0 Å². The van der Waals surface area contributed by atoms with Crippen molar-refractivity contribution in [1.29, 1.82) is 0 Å². The van der Waals surface area contributed by atoms with E-state index in [1.165, 1.54) is 6.20 Å². The summed E-state index contributed by atoms with van der Waals surface area (Å²) in [7, 11) is -3.59. The number of anilines is 1. The molecule has 8 heteroatoms. The number of hydrogen-bond acceptors (Lipinski definition) is 5. The molecular formula is C8H14N4O3S. The average Bonchev–Trinajstić information content (AvgIpc) is 2.58.